The number of halogens is 2. The van der Waals surface area contributed by atoms with E-state index in [0.29, 0.717) is 39.6 Å². The molecule has 1 N–H and O–H groups in total. The van der Waals surface area contributed by atoms with Gasteiger partial charge in [-0.1, -0.05) is 71.6 Å². The Hall–Kier alpha value is -3.49. The molecule has 3 aromatic rings. The van der Waals surface area contributed by atoms with Gasteiger partial charge < -0.3 is 14.8 Å². The molecule has 1 aliphatic carbocycles. The van der Waals surface area contributed by atoms with Crippen molar-refractivity contribution in [1.29, 1.82) is 0 Å². The number of fused-ring (bicyclic) bond motifs is 1. The van der Waals surface area contributed by atoms with E-state index in [0.717, 1.165) is 12.8 Å². The van der Waals surface area contributed by atoms with Gasteiger partial charge in [-0.05, 0) is 48.2 Å². The summed E-state index contributed by atoms with van der Waals surface area (Å²) in [4.78, 5) is 53.8. The highest BCUT2D eigenvalue weighted by Crippen LogP contribution is 2.48. The number of carbonyl (C=O) groups excluding carboxylic acids is 2. The van der Waals surface area contributed by atoms with Crippen molar-refractivity contribution in [3.8, 4) is 0 Å². The molecule has 202 valence electrons. The number of hydrogen-bond acceptors (Lipinski definition) is 5. The SMILES string of the molecule is O=N[C@H]1CCCC[C@@H]1N1C(=O)c2ccccc2[C@@H](C(=O)NCCn2ccccc2=O)[C@@H]1c1ccc(Cl)cc1Cl. The van der Waals surface area contributed by atoms with Crippen molar-refractivity contribution in [1.82, 2.24) is 14.8 Å². The molecule has 0 bridgehead atoms. The normalized spacial score (nSPS) is 22.7. The van der Waals surface area contributed by atoms with Crippen LogP contribution in [0.2, 0.25) is 10.0 Å². The van der Waals surface area contributed by atoms with Crippen LogP contribution in [-0.4, -0.2) is 39.9 Å². The lowest BCUT2D eigenvalue weighted by atomic mass is 9.76. The molecule has 1 fully saturated rings. The van der Waals surface area contributed by atoms with Crippen LogP contribution in [0.4, 0.5) is 0 Å². The van der Waals surface area contributed by atoms with Crippen LogP contribution in [0.15, 0.2) is 76.8 Å². The number of hydrogen-bond donors (Lipinski definition) is 1. The zero-order valence-corrected chi connectivity index (χ0v) is 22.6. The minimum Gasteiger partial charge on any atom is -0.354 e. The molecule has 2 aliphatic rings. The lowest BCUT2D eigenvalue weighted by molar-refractivity contribution is -0.124. The number of carbonyl (C=O) groups is 2. The average molecular weight is 567 g/mol. The molecule has 10 heteroatoms. The second-order valence-corrected chi connectivity index (χ2v) is 10.8. The molecule has 1 aliphatic heterocycles. The van der Waals surface area contributed by atoms with Gasteiger partial charge in [-0.3, -0.25) is 14.4 Å². The van der Waals surface area contributed by atoms with Crippen LogP contribution >= 0.6 is 23.2 Å². The van der Waals surface area contributed by atoms with Crippen molar-refractivity contribution < 1.29 is 9.59 Å². The van der Waals surface area contributed by atoms with E-state index in [2.05, 4.69) is 10.5 Å². The monoisotopic (exact) mass is 566 g/mol. The van der Waals surface area contributed by atoms with Gasteiger partial charge >= 0.3 is 0 Å². The Bertz CT molecular complexity index is 1460. The number of aromatic nitrogens is 1. The number of pyridine rings is 1. The predicted molar refractivity (Wildman–Crippen MR) is 150 cm³/mol. The summed E-state index contributed by atoms with van der Waals surface area (Å²) in [5.74, 6) is -1.40. The minimum absolute atomic E-state index is 0.165. The second-order valence-electron chi connectivity index (χ2n) is 9.94. The summed E-state index contributed by atoms with van der Waals surface area (Å²) in [6.07, 6.45) is 4.52. The van der Waals surface area contributed by atoms with E-state index < -0.39 is 24.0 Å². The van der Waals surface area contributed by atoms with E-state index in [4.69, 9.17) is 23.2 Å². The first kappa shape index (κ1) is 27.1. The standard InChI is InChI=1S/C29H28Cl2N4O4/c30-18-12-13-21(22(31)17-18)27-26(28(37)32-14-16-34-15-6-5-11-25(34)36)19-7-1-2-8-20(19)29(38)35(27)24-10-4-3-9-23(24)33-39/h1-2,5-8,11-13,15,17,23-24,26-27H,3-4,9-10,14,16H2,(H,32,37)/t23-,24-,26+,27-/m0/s1. The Kier molecular flexibility index (Phi) is 8.14. The number of nitrogens with zero attached hydrogens (tertiary/aromatic N) is 3. The van der Waals surface area contributed by atoms with Crippen LogP contribution in [0.1, 0.15) is 59.1 Å². The predicted octanol–water partition coefficient (Wildman–Crippen LogP) is 5.33. The summed E-state index contributed by atoms with van der Waals surface area (Å²) in [5, 5.41) is 7.11. The summed E-state index contributed by atoms with van der Waals surface area (Å²) < 4.78 is 1.51. The summed E-state index contributed by atoms with van der Waals surface area (Å²) in [7, 11) is 0. The van der Waals surface area contributed by atoms with Gasteiger partial charge in [-0.2, -0.15) is 4.91 Å². The summed E-state index contributed by atoms with van der Waals surface area (Å²) in [5.41, 5.74) is 1.39. The van der Waals surface area contributed by atoms with Gasteiger partial charge in [0.25, 0.3) is 11.5 Å². The minimum atomic E-state index is -0.820. The maximum absolute atomic E-state index is 14.1. The smallest absolute Gasteiger partial charge is 0.255 e. The number of rotatable bonds is 7. The molecular formula is C29H28Cl2N4O4. The molecule has 39 heavy (non-hydrogen) atoms. The Morgan fingerprint density at radius 1 is 0.974 bits per heavy atom. The summed E-state index contributed by atoms with van der Waals surface area (Å²) in [6.45, 7) is 0.493. The number of amides is 2. The third-order valence-electron chi connectivity index (χ3n) is 7.68. The number of nitrogens with one attached hydrogen (secondary N) is 1. The molecule has 0 radical (unpaired) electrons. The average Bonchev–Trinajstić information content (AvgIpc) is 2.94. The lowest BCUT2D eigenvalue weighted by Gasteiger charge is -2.48. The van der Waals surface area contributed by atoms with Crippen molar-refractivity contribution in [3.63, 3.8) is 0 Å². The molecule has 1 aromatic heterocycles. The van der Waals surface area contributed by atoms with Crippen LogP contribution in [0, 0.1) is 4.91 Å². The Balaban J connectivity index is 1.59. The topological polar surface area (TPSA) is 101 Å². The fourth-order valence-electron chi connectivity index (χ4n) is 5.87. The first-order valence-corrected chi connectivity index (χ1v) is 13.8. The molecule has 0 spiro atoms. The van der Waals surface area contributed by atoms with E-state index in [1.54, 1.807) is 65.7 Å². The largest absolute Gasteiger partial charge is 0.354 e. The molecule has 2 amide bonds. The molecule has 0 saturated heterocycles. The van der Waals surface area contributed by atoms with E-state index in [-0.39, 0.29) is 30.5 Å². The highest BCUT2D eigenvalue weighted by Gasteiger charge is 2.49. The van der Waals surface area contributed by atoms with E-state index in [1.807, 2.05) is 0 Å². The van der Waals surface area contributed by atoms with Crippen LogP contribution in [0.25, 0.3) is 0 Å². The third kappa shape index (κ3) is 5.36. The van der Waals surface area contributed by atoms with Crippen LogP contribution < -0.4 is 10.9 Å². The molecular weight excluding hydrogens is 539 g/mol. The quantitative estimate of drug-likeness (QED) is 0.390. The molecule has 2 heterocycles. The van der Waals surface area contributed by atoms with Crippen molar-refractivity contribution in [2.24, 2.45) is 5.18 Å². The Morgan fingerprint density at radius 3 is 2.51 bits per heavy atom. The molecule has 0 unspecified atom stereocenters. The molecule has 1 saturated carbocycles. The highest BCUT2D eigenvalue weighted by atomic mass is 35.5. The molecule has 2 aromatic carbocycles. The summed E-state index contributed by atoms with van der Waals surface area (Å²) in [6, 6.07) is 15.1. The van der Waals surface area contributed by atoms with Gasteiger partial charge in [0.05, 0.1) is 18.0 Å². The van der Waals surface area contributed by atoms with Gasteiger partial charge in [-0.25, -0.2) is 0 Å². The van der Waals surface area contributed by atoms with Gasteiger partial charge in [0.1, 0.15) is 6.04 Å². The Morgan fingerprint density at radius 2 is 1.74 bits per heavy atom. The fourth-order valence-corrected chi connectivity index (χ4v) is 6.39. The van der Waals surface area contributed by atoms with Crippen molar-refractivity contribution >= 4 is 35.0 Å². The maximum Gasteiger partial charge on any atom is 0.255 e. The first-order valence-electron chi connectivity index (χ1n) is 13.0. The van der Waals surface area contributed by atoms with Gasteiger partial charge in [0.15, 0.2) is 0 Å². The van der Waals surface area contributed by atoms with Gasteiger partial charge in [0.2, 0.25) is 5.91 Å². The summed E-state index contributed by atoms with van der Waals surface area (Å²) >= 11 is 12.9. The second kappa shape index (κ2) is 11.7. The van der Waals surface area contributed by atoms with E-state index in [9.17, 15) is 19.3 Å². The number of nitroso groups, excluding NO2 is 1. The van der Waals surface area contributed by atoms with Crippen molar-refractivity contribution in [3.05, 3.63) is 109 Å². The van der Waals surface area contributed by atoms with Crippen molar-refractivity contribution in [2.45, 2.75) is 56.3 Å². The van der Waals surface area contributed by atoms with Crippen LogP contribution in [0.3, 0.4) is 0 Å². The highest BCUT2D eigenvalue weighted by molar-refractivity contribution is 6.35. The van der Waals surface area contributed by atoms with Crippen LogP contribution in [-0.2, 0) is 11.3 Å². The van der Waals surface area contributed by atoms with Gasteiger partial charge in [0, 0.05) is 41.0 Å². The van der Waals surface area contributed by atoms with Gasteiger partial charge in [-0.15, -0.1) is 0 Å². The van der Waals surface area contributed by atoms with Crippen molar-refractivity contribution in [2.75, 3.05) is 6.54 Å². The number of benzene rings is 2. The van der Waals surface area contributed by atoms with E-state index >= 15 is 0 Å². The van der Waals surface area contributed by atoms with Crippen LogP contribution in [0.5, 0.6) is 0 Å². The zero-order chi connectivity index (χ0) is 27.5. The third-order valence-corrected chi connectivity index (χ3v) is 8.24. The molecule has 5 rings (SSSR count). The fraction of sp³-hybridized carbons (Fsp3) is 0.345. The Labute approximate surface area is 235 Å². The first-order chi connectivity index (χ1) is 18.9. The van der Waals surface area contributed by atoms with E-state index in [1.165, 1.54) is 10.6 Å². The molecule has 8 nitrogen and oxygen atoms in total. The lowest BCUT2D eigenvalue weighted by Crippen LogP contribution is -2.55. The maximum atomic E-state index is 14.1. The molecule has 4 atom stereocenters. The zero-order valence-electron chi connectivity index (χ0n) is 21.1.